The predicted molar refractivity (Wildman–Crippen MR) is 105 cm³/mol. The van der Waals surface area contributed by atoms with Gasteiger partial charge in [0.25, 0.3) is 0 Å². The minimum absolute atomic E-state index is 0.202. The Bertz CT molecular complexity index is 667. The van der Waals surface area contributed by atoms with Gasteiger partial charge in [-0.05, 0) is 49.9 Å². The molecule has 24 heavy (non-hydrogen) atoms. The molecule has 4 heteroatoms. The third-order valence-electron chi connectivity index (χ3n) is 4.15. The lowest BCUT2D eigenvalue weighted by atomic mass is 10.1. The first-order valence-corrected chi connectivity index (χ1v) is 10.5. The summed E-state index contributed by atoms with van der Waals surface area (Å²) in [5.74, 6) is -0.202. The van der Waals surface area contributed by atoms with Gasteiger partial charge in [0.05, 0.1) is 6.61 Å². The lowest BCUT2D eigenvalue weighted by molar-refractivity contribution is -0.140. The molecule has 0 fully saturated rings. The predicted octanol–water partition coefficient (Wildman–Crippen LogP) is 6.32. The number of thiophene rings is 2. The van der Waals surface area contributed by atoms with Crippen LogP contribution in [-0.2, 0) is 22.4 Å². The third kappa shape index (κ3) is 5.45. The van der Waals surface area contributed by atoms with E-state index in [0.29, 0.717) is 6.61 Å². The maximum Gasteiger partial charge on any atom is 0.302 e. The lowest BCUT2D eigenvalue weighted by Gasteiger charge is -2.02. The average molecular weight is 365 g/mol. The Hall–Kier alpha value is -1.13. The van der Waals surface area contributed by atoms with E-state index in [4.69, 9.17) is 4.74 Å². The monoisotopic (exact) mass is 364 g/mol. The van der Waals surface area contributed by atoms with Crippen LogP contribution in [0.4, 0.5) is 0 Å². The summed E-state index contributed by atoms with van der Waals surface area (Å²) in [6.45, 7) is 8.56. The van der Waals surface area contributed by atoms with E-state index in [-0.39, 0.29) is 5.97 Å². The summed E-state index contributed by atoms with van der Waals surface area (Å²) in [5.41, 5.74) is 2.81. The fraction of sp³-hybridized carbons (Fsp3) is 0.550. The highest BCUT2D eigenvalue weighted by Crippen LogP contribution is 2.39. The molecule has 0 spiro atoms. The second-order valence-electron chi connectivity index (χ2n) is 6.30. The fourth-order valence-corrected chi connectivity index (χ4v) is 5.16. The first-order chi connectivity index (χ1) is 11.5. The number of rotatable bonds is 9. The topological polar surface area (TPSA) is 26.3 Å². The zero-order chi connectivity index (χ0) is 17.5. The van der Waals surface area contributed by atoms with E-state index >= 15 is 0 Å². The molecule has 0 aliphatic heterocycles. The van der Waals surface area contributed by atoms with E-state index < -0.39 is 0 Å². The molecule has 2 heterocycles. The van der Waals surface area contributed by atoms with Crippen molar-refractivity contribution in [1.29, 1.82) is 0 Å². The highest BCUT2D eigenvalue weighted by atomic mass is 32.1. The van der Waals surface area contributed by atoms with Gasteiger partial charge in [-0.1, -0.05) is 26.2 Å². The molecule has 0 aliphatic carbocycles. The molecule has 132 valence electrons. The molecule has 0 aliphatic rings. The molecule has 0 N–H and O–H groups in total. The minimum atomic E-state index is -0.202. The summed E-state index contributed by atoms with van der Waals surface area (Å²) in [4.78, 5) is 16.5. The van der Waals surface area contributed by atoms with Crippen molar-refractivity contribution in [2.75, 3.05) is 6.61 Å². The molecule has 2 aromatic heterocycles. The average Bonchev–Trinajstić information content (AvgIpc) is 3.07. The molecule has 0 saturated heterocycles. The van der Waals surface area contributed by atoms with Crippen molar-refractivity contribution < 1.29 is 9.53 Å². The van der Waals surface area contributed by atoms with Crippen LogP contribution in [-0.4, -0.2) is 12.6 Å². The number of carbonyl (C=O) groups excluding carboxylic acids is 1. The summed E-state index contributed by atoms with van der Waals surface area (Å²) >= 11 is 3.77. The van der Waals surface area contributed by atoms with Gasteiger partial charge in [0.15, 0.2) is 0 Å². The summed E-state index contributed by atoms with van der Waals surface area (Å²) in [7, 11) is 0. The van der Waals surface area contributed by atoms with Crippen LogP contribution < -0.4 is 0 Å². The number of hydrogen-bond donors (Lipinski definition) is 0. The maximum absolute atomic E-state index is 10.9. The zero-order valence-electron chi connectivity index (χ0n) is 15.2. The van der Waals surface area contributed by atoms with Crippen molar-refractivity contribution in [1.82, 2.24) is 0 Å². The standard InChI is InChI=1S/C20H28O2S2/c1-5-6-7-8-9-18-12-14(2)23-20(18)19-13-17(15(3)24-19)10-11-22-16(4)21/h12-13H,5-11H2,1-4H3. The number of carbonyl (C=O) groups is 1. The molecule has 2 rings (SSSR count). The molecular formula is C20H28O2S2. The van der Waals surface area contributed by atoms with Gasteiger partial charge in [-0.3, -0.25) is 4.79 Å². The number of esters is 1. The molecular weight excluding hydrogens is 336 g/mol. The van der Waals surface area contributed by atoms with Crippen molar-refractivity contribution in [3.8, 4) is 9.75 Å². The lowest BCUT2D eigenvalue weighted by Crippen LogP contribution is -2.03. The first-order valence-electron chi connectivity index (χ1n) is 8.83. The summed E-state index contributed by atoms with van der Waals surface area (Å²) in [5, 5.41) is 0. The summed E-state index contributed by atoms with van der Waals surface area (Å²) in [6, 6.07) is 4.66. The van der Waals surface area contributed by atoms with Crippen LogP contribution in [0.15, 0.2) is 12.1 Å². The van der Waals surface area contributed by atoms with E-state index in [1.54, 1.807) is 0 Å². The van der Waals surface area contributed by atoms with Crippen LogP contribution >= 0.6 is 22.7 Å². The summed E-state index contributed by atoms with van der Waals surface area (Å²) < 4.78 is 5.09. The van der Waals surface area contributed by atoms with Crippen LogP contribution in [0.3, 0.4) is 0 Å². The molecule has 0 radical (unpaired) electrons. The molecule has 0 amide bonds. The number of aryl methyl sites for hydroxylation is 3. The molecule has 0 unspecified atom stereocenters. The molecule has 0 aromatic carbocycles. The van der Waals surface area contributed by atoms with Gasteiger partial charge in [0.1, 0.15) is 0 Å². The Labute approximate surface area is 153 Å². The van der Waals surface area contributed by atoms with Gasteiger partial charge in [-0.15, -0.1) is 22.7 Å². The highest BCUT2D eigenvalue weighted by Gasteiger charge is 2.14. The molecule has 2 nitrogen and oxygen atoms in total. The second kappa shape index (κ2) is 9.38. The van der Waals surface area contributed by atoms with E-state index in [1.807, 2.05) is 22.7 Å². The normalized spacial score (nSPS) is 11.0. The molecule has 0 bridgehead atoms. The molecule has 0 saturated carbocycles. The van der Waals surface area contributed by atoms with Gasteiger partial charge in [0.2, 0.25) is 0 Å². The van der Waals surface area contributed by atoms with E-state index in [9.17, 15) is 4.79 Å². The Morgan fingerprint density at radius 1 is 1.04 bits per heavy atom. The number of unbranched alkanes of at least 4 members (excludes halogenated alkanes) is 3. The van der Waals surface area contributed by atoms with E-state index in [2.05, 4.69) is 32.9 Å². The number of hydrogen-bond acceptors (Lipinski definition) is 4. The van der Waals surface area contributed by atoms with Gasteiger partial charge in [0, 0.05) is 32.9 Å². The van der Waals surface area contributed by atoms with Crippen molar-refractivity contribution in [3.63, 3.8) is 0 Å². The van der Waals surface area contributed by atoms with Crippen LogP contribution in [0.1, 0.15) is 60.4 Å². The van der Waals surface area contributed by atoms with Crippen LogP contribution in [0.2, 0.25) is 0 Å². The van der Waals surface area contributed by atoms with Crippen molar-refractivity contribution >= 4 is 28.6 Å². The maximum atomic E-state index is 10.9. The number of ether oxygens (including phenoxy) is 1. The first kappa shape index (κ1) is 19.2. The quantitative estimate of drug-likeness (QED) is 0.384. The smallest absolute Gasteiger partial charge is 0.302 e. The largest absolute Gasteiger partial charge is 0.466 e. The van der Waals surface area contributed by atoms with Gasteiger partial charge < -0.3 is 4.74 Å². The van der Waals surface area contributed by atoms with E-state index in [0.717, 1.165) is 6.42 Å². The Morgan fingerprint density at radius 3 is 2.54 bits per heavy atom. The van der Waals surface area contributed by atoms with Gasteiger partial charge in [-0.25, -0.2) is 0 Å². The highest BCUT2D eigenvalue weighted by molar-refractivity contribution is 7.22. The van der Waals surface area contributed by atoms with Crippen LogP contribution in [0, 0.1) is 13.8 Å². The van der Waals surface area contributed by atoms with Gasteiger partial charge in [-0.2, -0.15) is 0 Å². The van der Waals surface area contributed by atoms with Crippen LogP contribution in [0.25, 0.3) is 9.75 Å². The molecule has 2 aromatic rings. The second-order valence-corrected chi connectivity index (χ2v) is 8.82. The zero-order valence-corrected chi connectivity index (χ0v) is 16.9. The Morgan fingerprint density at radius 2 is 1.83 bits per heavy atom. The third-order valence-corrected chi connectivity index (χ3v) is 6.52. The van der Waals surface area contributed by atoms with Crippen LogP contribution in [0.5, 0.6) is 0 Å². The van der Waals surface area contributed by atoms with Gasteiger partial charge >= 0.3 is 5.97 Å². The summed E-state index contributed by atoms with van der Waals surface area (Å²) in [6.07, 6.45) is 7.20. The van der Waals surface area contributed by atoms with Crippen molar-refractivity contribution in [2.45, 2.75) is 66.2 Å². The molecule has 0 atom stereocenters. The fourth-order valence-electron chi connectivity index (χ4n) is 2.89. The SMILES string of the molecule is CCCCCCc1cc(C)sc1-c1cc(CCOC(C)=O)c(C)s1. The van der Waals surface area contributed by atoms with Crippen molar-refractivity contribution in [2.24, 2.45) is 0 Å². The minimum Gasteiger partial charge on any atom is -0.466 e. The van der Waals surface area contributed by atoms with Crippen molar-refractivity contribution in [3.05, 3.63) is 33.0 Å². The Kier molecular flexibility index (Phi) is 7.50. The van der Waals surface area contributed by atoms with E-state index in [1.165, 1.54) is 69.7 Å². The Balaban J connectivity index is 2.09.